The first kappa shape index (κ1) is 16.7. The third-order valence-corrected chi connectivity index (χ3v) is 3.63. The SMILES string of the molecule is CNCCCN(C)CC(=O)N(C)C(C)c1ccccc1. The molecule has 0 aliphatic rings. The van der Waals surface area contributed by atoms with Gasteiger partial charge in [0.05, 0.1) is 12.6 Å². The average molecular weight is 277 g/mol. The summed E-state index contributed by atoms with van der Waals surface area (Å²) >= 11 is 0. The molecule has 0 fully saturated rings. The van der Waals surface area contributed by atoms with Crippen LogP contribution in [-0.2, 0) is 4.79 Å². The van der Waals surface area contributed by atoms with Crippen molar-refractivity contribution in [2.75, 3.05) is 40.8 Å². The number of benzene rings is 1. The van der Waals surface area contributed by atoms with E-state index >= 15 is 0 Å². The minimum absolute atomic E-state index is 0.106. The van der Waals surface area contributed by atoms with Crippen molar-refractivity contribution in [3.8, 4) is 0 Å². The molecule has 0 aromatic heterocycles. The van der Waals surface area contributed by atoms with Gasteiger partial charge >= 0.3 is 0 Å². The monoisotopic (exact) mass is 277 g/mol. The zero-order chi connectivity index (χ0) is 15.0. The third kappa shape index (κ3) is 5.31. The van der Waals surface area contributed by atoms with Gasteiger partial charge in [-0.3, -0.25) is 9.69 Å². The van der Waals surface area contributed by atoms with E-state index in [9.17, 15) is 4.79 Å². The van der Waals surface area contributed by atoms with Crippen molar-refractivity contribution in [3.63, 3.8) is 0 Å². The number of carbonyl (C=O) groups is 1. The van der Waals surface area contributed by atoms with Gasteiger partial charge in [0.2, 0.25) is 5.91 Å². The van der Waals surface area contributed by atoms with Crippen LogP contribution in [0.4, 0.5) is 0 Å². The number of hydrogen-bond acceptors (Lipinski definition) is 3. The maximum absolute atomic E-state index is 12.3. The summed E-state index contributed by atoms with van der Waals surface area (Å²) < 4.78 is 0. The quantitative estimate of drug-likeness (QED) is 0.735. The zero-order valence-electron chi connectivity index (χ0n) is 13.1. The van der Waals surface area contributed by atoms with Crippen LogP contribution in [0.2, 0.25) is 0 Å². The molecule has 0 spiro atoms. The molecule has 0 saturated carbocycles. The van der Waals surface area contributed by atoms with Crippen LogP contribution in [0.25, 0.3) is 0 Å². The van der Waals surface area contributed by atoms with E-state index < -0.39 is 0 Å². The number of hydrogen-bond donors (Lipinski definition) is 1. The number of carbonyl (C=O) groups excluding carboxylic acids is 1. The van der Waals surface area contributed by atoms with Gasteiger partial charge in [-0.2, -0.15) is 0 Å². The fraction of sp³-hybridized carbons (Fsp3) is 0.562. The molecule has 0 aliphatic heterocycles. The molecule has 0 bridgehead atoms. The van der Waals surface area contributed by atoms with Crippen LogP contribution in [0.15, 0.2) is 30.3 Å². The molecule has 1 aromatic rings. The van der Waals surface area contributed by atoms with Crippen molar-refractivity contribution in [2.45, 2.75) is 19.4 Å². The van der Waals surface area contributed by atoms with Gasteiger partial charge in [-0.05, 0) is 46.1 Å². The summed E-state index contributed by atoms with van der Waals surface area (Å²) in [7, 11) is 5.82. The predicted molar refractivity (Wildman–Crippen MR) is 83.7 cm³/mol. The molecule has 1 amide bonds. The van der Waals surface area contributed by atoms with E-state index in [1.165, 1.54) is 5.56 Å². The lowest BCUT2D eigenvalue weighted by Gasteiger charge is -2.27. The lowest BCUT2D eigenvalue weighted by atomic mass is 10.1. The van der Waals surface area contributed by atoms with Gasteiger partial charge in [-0.1, -0.05) is 30.3 Å². The molecule has 112 valence electrons. The van der Waals surface area contributed by atoms with E-state index in [2.05, 4.69) is 29.3 Å². The van der Waals surface area contributed by atoms with Gasteiger partial charge in [-0.25, -0.2) is 0 Å². The highest BCUT2D eigenvalue weighted by atomic mass is 16.2. The van der Waals surface area contributed by atoms with Gasteiger partial charge in [0.1, 0.15) is 0 Å². The van der Waals surface area contributed by atoms with E-state index in [-0.39, 0.29) is 11.9 Å². The Balaban J connectivity index is 2.46. The van der Waals surface area contributed by atoms with Crippen molar-refractivity contribution in [1.29, 1.82) is 0 Å². The molecule has 1 aromatic carbocycles. The molecule has 1 N–H and O–H groups in total. The highest BCUT2D eigenvalue weighted by molar-refractivity contribution is 5.78. The van der Waals surface area contributed by atoms with Crippen LogP contribution in [0.1, 0.15) is 24.9 Å². The Kier molecular flexibility index (Phi) is 7.26. The highest BCUT2D eigenvalue weighted by Gasteiger charge is 2.18. The molecule has 0 aliphatic carbocycles. The molecule has 20 heavy (non-hydrogen) atoms. The minimum atomic E-state index is 0.106. The summed E-state index contributed by atoms with van der Waals surface area (Å²) in [5.74, 6) is 0.160. The Bertz CT molecular complexity index is 394. The van der Waals surface area contributed by atoms with Gasteiger partial charge < -0.3 is 10.2 Å². The van der Waals surface area contributed by atoms with Gasteiger partial charge in [0.25, 0.3) is 0 Å². The molecule has 1 rings (SSSR count). The van der Waals surface area contributed by atoms with Crippen LogP contribution in [0, 0.1) is 0 Å². The second kappa shape index (κ2) is 8.72. The van der Waals surface area contributed by atoms with Crippen LogP contribution in [-0.4, -0.2) is 56.5 Å². The van der Waals surface area contributed by atoms with E-state index in [1.807, 2.05) is 44.2 Å². The molecular weight excluding hydrogens is 250 g/mol. The number of nitrogens with one attached hydrogen (secondary N) is 1. The summed E-state index contributed by atoms with van der Waals surface area (Å²) in [5, 5.41) is 3.12. The van der Waals surface area contributed by atoms with E-state index in [0.29, 0.717) is 6.54 Å². The van der Waals surface area contributed by atoms with Gasteiger partial charge in [0.15, 0.2) is 0 Å². The number of amides is 1. The van der Waals surface area contributed by atoms with Crippen LogP contribution in [0.3, 0.4) is 0 Å². The molecule has 1 atom stereocenters. The molecule has 0 radical (unpaired) electrons. The average Bonchev–Trinajstić information content (AvgIpc) is 2.46. The van der Waals surface area contributed by atoms with Crippen molar-refractivity contribution in [1.82, 2.24) is 15.1 Å². The van der Waals surface area contributed by atoms with Crippen LogP contribution in [0.5, 0.6) is 0 Å². The summed E-state index contributed by atoms with van der Waals surface area (Å²) in [6.07, 6.45) is 1.05. The molecule has 4 heteroatoms. The van der Waals surface area contributed by atoms with E-state index in [1.54, 1.807) is 0 Å². The largest absolute Gasteiger partial charge is 0.338 e. The van der Waals surface area contributed by atoms with E-state index in [0.717, 1.165) is 19.5 Å². The lowest BCUT2D eigenvalue weighted by Crippen LogP contribution is -2.38. The van der Waals surface area contributed by atoms with E-state index in [4.69, 9.17) is 0 Å². The number of rotatable bonds is 8. The lowest BCUT2D eigenvalue weighted by molar-refractivity contribution is -0.132. The van der Waals surface area contributed by atoms with Crippen LogP contribution >= 0.6 is 0 Å². The van der Waals surface area contributed by atoms with Crippen molar-refractivity contribution < 1.29 is 4.79 Å². The first-order valence-electron chi connectivity index (χ1n) is 7.20. The Labute approximate surface area is 122 Å². The second-order valence-electron chi connectivity index (χ2n) is 5.29. The number of nitrogens with zero attached hydrogens (tertiary/aromatic N) is 2. The van der Waals surface area contributed by atoms with Crippen molar-refractivity contribution in [2.24, 2.45) is 0 Å². The Morgan fingerprint density at radius 3 is 2.50 bits per heavy atom. The standard InChI is InChI=1S/C16H27N3O/c1-14(15-9-6-5-7-10-15)19(4)16(20)13-18(3)12-8-11-17-2/h5-7,9-10,14,17H,8,11-13H2,1-4H3. The number of likely N-dealkylation sites (N-methyl/N-ethyl adjacent to an activating group) is 2. The second-order valence-corrected chi connectivity index (χ2v) is 5.29. The summed E-state index contributed by atoms with van der Waals surface area (Å²) in [6, 6.07) is 10.2. The smallest absolute Gasteiger partial charge is 0.236 e. The Morgan fingerprint density at radius 1 is 1.25 bits per heavy atom. The minimum Gasteiger partial charge on any atom is -0.338 e. The summed E-state index contributed by atoms with van der Waals surface area (Å²) in [5.41, 5.74) is 1.17. The van der Waals surface area contributed by atoms with Crippen molar-refractivity contribution in [3.05, 3.63) is 35.9 Å². The third-order valence-electron chi connectivity index (χ3n) is 3.63. The predicted octanol–water partition coefficient (Wildman–Crippen LogP) is 1.75. The maximum Gasteiger partial charge on any atom is 0.236 e. The maximum atomic E-state index is 12.3. The molecule has 4 nitrogen and oxygen atoms in total. The topological polar surface area (TPSA) is 35.6 Å². The molecular formula is C16H27N3O. The molecule has 0 heterocycles. The summed E-state index contributed by atoms with van der Waals surface area (Å²) in [6.45, 7) is 4.44. The molecule has 1 unspecified atom stereocenters. The fourth-order valence-electron chi connectivity index (χ4n) is 2.12. The van der Waals surface area contributed by atoms with Crippen molar-refractivity contribution >= 4 is 5.91 Å². The normalized spacial score (nSPS) is 12.4. The van der Waals surface area contributed by atoms with Gasteiger partial charge in [-0.15, -0.1) is 0 Å². The Hall–Kier alpha value is -1.39. The Morgan fingerprint density at radius 2 is 1.90 bits per heavy atom. The first-order valence-corrected chi connectivity index (χ1v) is 7.20. The first-order chi connectivity index (χ1) is 9.56. The fourth-order valence-corrected chi connectivity index (χ4v) is 2.12. The molecule has 0 saturated heterocycles. The highest BCUT2D eigenvalue weighted by Crippen LogP contribution is 2.18. The zero-order valence-corrected chi connectivity index (χ0v) is 13.1. The summed E-state index contributed by atoms with van der Waals surface area (Å²) in [4.78, 5) is 16.2. The van der Waals surface area contributed by atoms with Crippen LogP contribution < -0.4 is 5.32 Å². The van der Waals surface area contributed by atoms with Gasteiger partial charge in [0, 0.05) is 7.05 Å².